The zero-order valence-electron chi connectivity index (χ0n) is 16.6. The Morgan fingerprint density at radius 3 is 2.79 bits per heavy atom. The van der Waals surface area contributed by atoms with Crippen molar-refractivity contribution in [3.63, 3.8) is 0 Å². The zero-order chi connectivity index (χ0) is 20.9. The largest absolute Gasteiger partial charge is 0.327 e. The van der Waals surface area contributed by atoms with Gasteiger partial charge in [-0.05, 0) is 54.4 Å². The minimum absolute atomic E-state index is 0.129. The lowest BCUT2D eigenvalue weighted by atomic mass is 9.88. The molecule has 29 heavy (non-hydrogen) atoms. The van der Waals surface area contributed by atoms with Crippen LogP contribution in [0, 0.1) is 11.3 Å². The highest BCUT2D eigenvalue weighted by Gasteiger charge is 2.17. The molecule has 3 rings (SSSR count). The lowest BCUT2D eigenvalue weighted by molar-refractivity contribution is 0.0984. The van der Waals surface area contributed by atoms with Gasteiger partial charge in [-0.2, -0.15) is 5.26 Å². The van der Waals surface area contributed by atoms with Crippen LogP contribution in [0.25, 0.3) is 5.57 Å². The average Bonchev–Trinajstić information content (AvgIpc) is 3.23. The lowest BCUT2D eigenvalue weighted by Gasteiger charge is -2.18. The predicted octanol–water partition coefficient (Wildman–Crippen LogP) is 3.64. The average molecular weight is 412 g/mol. The predicted molar refractivity (Wildman–Crippen MR) is 112 cm³/mol. The van der Waals surface area contributed by atoms with E-state index in [1.165, 1.54) is 11.8 Å². The van der Waals surface area contributed by atoms with Crippen LogP contribution in [0.1, 0.15) is 65.6 Å². The molecule has 1 aliphatic rings. The fraction of sp³-hybridized carbons (Fsp3) is 0.409. The van der Waals surface area contributed by atoms with Gasteiger partial charge in [0, 0.05) is 12.2 Å². The maximum Gasteiger partial charge on any atom is 0.202 e. The smallest absolute Gasteiger partial charge is 0.202 e. The third-order valence-corrected chi connectivity index (χ3v) is 6.97. The summed E-state index contributed by atoms with van der Waals surface area (Å²) in [4.78, 5) is 19.4. The van der Waals surface area contributed by atoms with Crippen LogP contribution in [0.4, 0.5) is 0 Å². The first kappa shape index (κ1) is 21.0. The summed E-state index contributed by atoms with van der Waals surface area (Å²) >= 11 is 0. The topological polar surface area (TPSA) is 104 Å². The van der Waals surface area contributed by atoms with Crippen LogP contribution in [0.5, 0.6) is 0 Å². The molecule has 2 aromatic rings. The molecule has 0 fully saturated rings. The number of aryl methyl sites for hydroxylation is 1. The number of rotatable bonds is 8. The van der Waals surface area contributed by atoms with Gasteiger partial charge < -0.3 is 4.98 Å². The van der Waals surface area contributed by atoms with Gasteiger partial charge in [0.05, 0.1) is 11.9 Å². The molecule has 1 aromatic heterocycles. The van der Waals surface area contributed by atoms with Crippen molar-refractivity contribution in [1.29, 1.82) is 5.26 Å². The van der Waals surface area contributed by atoms with Crippen molar-refractivity contribution >= 4 is 21.2 Å². The number of sulfone groups is 1. The third-order valence-electron chi connectivity index (χ3n) is 5.26. The highest BCUT2D eigenvalue weighted by atomic mass is 32.2. The molecule has 0 radical (unpaired) electrons. The van der Waals surface area contributed by atoms with Crippen LogP contribution < -0.4 is 0 Å². The van der Waals surface area contributed by atoms with Gasteiger partial charge in [-0.25, -0.2) is 13.4 Å². The Kier molecular flexibility index (Phi) is 6.65. The van der Waals surface area contributed by atoms with Crippen molar-refractivity contribution in [3.8, 4) is 6.07 Å². The summed E-state index contributed by atoms with van der Waals surface area (Å²) in [5, 5.41) is 8.91. The monoisotopic (exact) mass is 411 g/mol. The Morgan fingerprint density at radius 2 is 2.14 bits per heavy atom. The van der Waals surface area contributed by atoms with E-state index in [2.05, 4.69) is 16.0 Å². The van der Waals surface area contributed by atoms with E-state index < -0.39 is 9.84 Å². The normalized spacial score (nSPS) is 14.3. The highest BCUT2D eigenvalue weighted by Crippen LogP contribution is 2.30. The van der Waals surface area contributed by atoms with Gasteiger partial charge in [0.1, 0.15) is 21.6 Å². The first-order valence-electron chi connectivity index (χ1n) is 9.92. The summed E-state index contributed by atoms with van der Waals surface area (Å²) in [6.07, 6.45) is 8.47. The van der Waals surface area contributed by atoms with Crippen LogP contribution in [-0.4, -0.2) is 35.7 Å². The summed E-state index contributed by atoms with van der Waals surface area (Å²) in [5.41, 5.74) is 4.37. The van der Waals surface area contributed by atoms with Gasteiger partial charge in [-0.3, -0.25) is 4.79 Å². The highest BCUT2D eigenvalue weighted by molar-refractivity contribution is 7.91. The molecule has 0 aliphatic heterocycles. The number of aromatic nitrogens is 2. The zero-order valence-corrected chi connectivity index (χ0v) is 17.4. The number of carbonyl (C=O) groups is 1. The summed E-state index contributed by atoms with van der Waals surface area (Å²) in [6.45, 7) is 1.66. The summed E-state index contributed by atoms with van der Waals surface area (Å²) in [5.74, 6) is 0.281. The Balaban J connectivity index is 1.88. The number of hydrogen-bond donors (Lipinski definition) is 1. The molecule has 0 bridgehead atoms. The van der Waals surface area contributed by atoms with Crippen LogP contribution in [0.3, 0.4) is 0 Å². The van der Waals surface area contributed by atoms with Crippen LogP contribution in [0.2, 0.25) is 0 Å². The van der Waals surface area contributed by atoms with Crippen molar-refractivity contribution in [2.45, 2.75) is 45.4 Å². The van der Waals surface area contributed by atoms with Crippen LogP contribution >= 0.6 is 0 Å². The van der Waals surface area contributed by atoms with Crippen molar-refractivity contribution in [1.82, 2.24) is 9.97 Å². The molecule has 0 atom stereocenters. The molecular weight excluding hydrogens is 386 g/mol. The van der Waals surface area contributed by atoms with E-state index in [0.717, 1.165) is 42.4 Å². The number of allylic oxidation sites excluding steroid dienone is 2. The summed E-state index contributed by atoms with van der Waals surface area (Å²) in [6, 6.07) is 7.80. The van der Waals surface area contributed by atoms with Gasteiger partial charge in [-0.1, -0.05) is 31.2 Å². The second-order valence-electron chi connectivity index (χ2n) is 7.31. The van der Waals surface area contributed by atoms with Crippen LogP contribution in [-0.2, 0) is 22.7 Å². The number of H-pyrrole nitrogens is 1. The number of nitrogens with zero attached hydrogens (tertiary/aromatic N) is 2. The molecule has 6 nitrogen and oxygen atoms in total. The molecule has 0 saturated carbocycles. The molecule has 0 saturated heterocycles. The quantitative estimate of drug-likeness (QED) is 0.668. The van der Waals surface area contributed by atoms with Gasteiger partial charge in [-0.15, -0.1) is 0 Å². The number of Topliss-reactive ketones (excluding diaryl/α,β-unsaturated/α-hetero) is 1. The maximum absolute atomic E-state index is 12.7. The van der Waals surface area contributed by atoms with E-state index >= 15 is 0 Å². The van der Waals surface area contributed by atoms with E-state index in [0.29, 0.717) is 6.42 Å². The summed E-state index contributed by atoms with van der Waals surface area (Å²) in [7, 11) is -3.03. The molecule has 0 amide bonds. The SMILES string of the molecule is CCS(=O)(=O)CCc1ccc(CC(=O)c2ncc(C#N)[nH]2)c(C2=CCCCC2)c1. The van der Waals surface area contributed by atoms with Crippen molar-refractivity contribution in [2.75, 3.05) is 11.5 Å². The number of ketones is 1. The van der Waals surface area contributed by atoms with Gasteiger partial charge >= 0.3 is 0 Å². The van der Waals surface area contributed by atoms with E-state index in [9.17, 15) is 13.2 Å². The number of carbonyl (C=O) groups excluding carboxylic acids is 1. The van der Waals surface area contributed by atoms with E-state index in [1.54, 1.807) is 6.92 Å². The van der Waals surface area contributed by atoms with E-state index in [4.69, 9.17) is 5.26 Å². The lowest BCUT2D eigenvalue weighted by Crippen LogP contribution is -2.12. The Bertz CT molecular complexity index is 1070. The molecule has 1 aliphatic carbocycles. The maximum atomic E-state index is 12.7. The number of nitrogens with one attached hydrogen (secondary N) is 1. The molecular formula is C22H25N3O3S. The fourth-order valence-corrected chi connectivity index (χ4v) is 4.34. The van der Waals surface area contributed by atoms with Gasteiger partial charge in [0.15, 0.2) is 5.82 Å². The minimum atomic E-state index is -3.03. The van der Waals surface area contributed by atoms with Crippen LogP contribution in [0.15, 0.2) is 30.5 Å². The number of aromatic amines is 1. The van der Waals surface area contributed by atoms with Gasteiger partial charge in [0.25, 0.3) is 0 Å². The molecule has 1 heterocycles. The van der Waals surface area contributed by atoms with Crippen molar-refractivity contribution in [3.05, 3.63) is 58.7 Å². The van der Waals surface area contributed by atoms with Gasteiger partial charge in [0.2, 0.25) is 5.78 Å². The number of benzene rings is 1. The first-order valence-corrected chi connectivity index (χ1v) is 11.7. The fourth-order valence-electron chi connectivity index (χ4n) is 3.51. The Morgan fingerprint density at radius 1 is 1.31 bits per heavy atom. The molecule has 1 aromatic carbocycles. The Labute approximate surface area is 171 Å². The molecule has 0 unspecified atom stereocenters. The molecule has 0 spiro atoms. The second kappa shape index (κ2) is 9.19. The number of imidazole rings is 1. The minimum Gasteiger partial charge on any atom is -0.327 e. The second-order valence-corrected chi connectivity index (χ2v) is 9.78. The third kappa shape index (κ3) is 5.42. The number of hydrogen-bond acceptors (Lipinski definition) is 5. The van der Waals surface area contributed by atoms with Crippen molar-refractivity contribution < 1.29 is 13.2 Å². The van der Waals surface area contributed by atoms with Crippen molar-refractivity contribution in [2.24, 2.45) is 0 Å². The van der Waals surface area contributed by atoms with E-state index in [1.807, 2.05) is 24.3 Å². The standard InChI is InChI=1S/C22H25N3O3S/c1-2-29(27,28)11-10-16-8-9-18(20(12-16)17-6-4-3-5-7-17)13-21(26)22-24-15-19(14-23)25-22/h6,8-9,12,15H,2-5,7,10-11,13H2,1H3,(H,24,25). The molecule has 1 N–H and O–H groups in total. The number of nitriles is 1. The molecule has 152 valence electrons. The Hall–Kier alpha value is -2.72. The first-order chi connectivity index (χ1) is 13.9. The molecule has 7 heteroatoms. The summed E-state index contributed by atoms with van der Waals surface area (Å²) < 4.78 is 23.7. The van der Waals surface area contributed by atoms with E-state index in [-0.39, 0.29) is 35.2 Å².